The molecule has 0 saturated heterocycles. The number of nitrogens with two attached hydrogens (primary N) is 1. The summed E-state index contributed by atoms with van der Waals surface area (Å²) in [5.74, 6) is 0.856. The number of aromatic nitrogens is 2. The predicted molar refractivity (Wildman–Crippen MR) is 129 cm³/mol. The van der Waals surface area contributed by atoms with Crippen molar-refractivity contribution in [1.82, 2.24) is 9.97 Å². The molecule has 2 aromatic carbocycles. The number of benzene rings is 2. The molecule has 0 fully saturated rings. The maximum absolute atomic E-state index is 14.0. The zero-order valence-electron chi connectivity index (χ0n) is 18.9. The van der Waals surface area contributed by atoms with Crippen molar-refractivity contribution >= 4 is 35.2 Å². The monoisotopic (exact) mass is 503 g/mol. The molecule has 0 aliphatic heterocycles. The van der Waals surface area contributed by atoms with Crippen LogP contribution in [0.15, 0.2) is 48.7 Å². The number of aryl methyl sites for hydroxylation is 3. The van der Waals surface area contributed by atoms with Crippen molar-refractivity contribution in [3.05, 3.63) is 70.9 Å². The lowest BCUT2D eigenvalue weighted by molar-refractivity contribution is -0.0606. The van der Waals surface area contributed by atoms with E-state index in [-0.39, 0.29) is 11.3 Å². The topological polar surface area (TPSA) is 139 Å². The van der Waals surface area contributed by atoms with Gasteiger partial charge >= 0.3 is 13.3 Å². The smallest absolute Gasteiger partial charge is 0.397 e. The summed E-state index contributed by atoms with van der Waals surface area (Å²) in [5.41, 5.74) is 4.83. The van der Waals surface area contributed by atoms with E-state index in [0.29, 0.717) is 22.7 Å². The van der Waals surface area contributed by atoms with Crippen molar-refractivity contribution in [3.8, 4) is 5.75 Å². The predicted octanol–water partition coefficient (Wildman–Crippen LogP) is 4.27. The minimum Gasteiger partial charge on any atom is -0.497 e. The van der Waals surface area contributed by atoms with Gasteiger partial charge in [0.15, 0.2) is 11.9 Å². The molecule has 11 heteroatoms. The molecule has 184 valence electrons. The standard InChI is InChI=1S/C24H24F2N3O5P/c1-13-9-17(34-2)7-5-15(13)4-3-14-10-19-18-8-6-16(22(30)24(25,26)35(31,32)33)11-20(18)29-23(27)21(19)28-12-14/h5-12,22,30H,3-4H2,1-2H3,(H2,27,29)(H2,31,32,33). The highest BCUT2D eigenvalue weighted by molar-refractivity contribution is 7.53. The van der Waals surface area contributed by atoms with Crippen LogP contribution in [-0.2, 0) is 17.4 Å². The number of ether oxygens (including phenoxy) is 1. The molecule has 0 radical (unpaired) electrons. The van der Waals surface area contributed by atoms with Crippen LogP contribution in [-0.4, -0.2) is 37.6 Å². The van der Waals surface area contributed by atoms with Crippen LogP contribution in [0.3, 0.4) is 0 Å². The number of aliphatic hydroxyl groups excluding tert-OH is 1. The van der Waals surface area contributed by atoms with Gasteiger partial charge in [-0.25, -0.2) is 4.98 Å². The number of hydrogen-bond acceptors (Lipinski definition) is 6. The highest BCUT2D eigenvalue weighted by Gasteiger charge is 2.55. The molecule has 4 rings (SSSR count). The van der Waals surface area contributed by atoms with Crippen molar-refractivity contribution < 1.29 is 33.0 Å². The third-order valence-corrected chi connectivity index (χ3v) is 7.03. The second-order valence-corrected chi connectivity index (χ2v) is 10.0. The average molecular weight is 503 g/mol. The zero-order valence-corrected chi connectivity index (χ0v) is 19.8. The molecule has 0 aliphatic carbocycles. The summed E-state index contributed by atoms with van der Waals surface area (Å²) in [5, 5.41) is 11.2. The largest absolute Gasteiger partial charge is 0.497 e. The lowest BCUT2D eigenvalue weighted by Crippen LogP contribution is -2.26. The second-order valence-electron chi connectivity index (χ2n) is 8.34. The molecule has 8 nitrogen and oxygen atoms in total. The first-order valence-corrected chi connectivity index (χ1v) is 12.3. The van der Waals surface area contributed by atoms with E-state index in [9.17, 15) is 18.5 Å². The van der Waals surface area contributed by atoms with Crippen LogP contribution in [0.4, 0.5) is 14.6 Å². The first-order valence-electron chi connectivity index (χ1n) is 10.6. The summed E-state index contributed by atoms with van der Waals surface area (Å²) >= 11 is 0. The van der Waals surface area contributed by atoms with E-state index in [0.717, 1.165) is 34.9 Å². The Morgan fingerprint density at radius 1 is 1.11 bits per heavy atom. The van der Waals surface area contributed by atoms with Gasteiger partial charge in [0.05, 0.1) is 12.6 Å². The number of nitrogens with zero attached hydrogens (tertiary/aromatic N) is 2. The molecule has 0 saturated carbocycles. The fourth-order valence-corrected chi connectivity index (χ4v) is 4.46. The Hall–Kier alpha value is -3.17. The third-order valence-electron chi connectivity index (χ3n) is 6.01. The van der Waals surface area contributed by atoms with E-state index >= 15 is 0 Å². The molecule has 4 aromatic rings. The van der Waals surface area contributed by atoms with Crippen LogP contribution in [0.2, 0.25) is 0 Å². The van der Waals surface area contributed by atoms with Gasteiger partial charge in [0.1, 0.15) is 11.3 Å². The van der Waals surface area contributed by atoms with Gasteiger partial charge in [-0.2, -0.15) is 8.78 Å². The minimum atomic E-state index is -5.89. The van der Waals surface area contributed by atoms with Crippen molar-refractivity contribution in [3.63, 3.8) is 0 Å². The minimum absolute atomic E-state index is 0.0680. The van der Waals surface area contributed by atoms with E-state index < -0.39 is 24.9 Å². The van der Waals surface area contributed by atoms with Gasteiger partial charge in [0, 0.05) is 17.0 Å². The maximum Gasteiger partial charge on any atom is 0.397 e. The summed E-state index contributed by atoms with van der Waals surface area (Å²) in [6.07, 6.45) is 0.438. The molecular formula is C24H24F2N3O5P. The number of fused-ring (bicyclic) bond motifs is 3. The number of rotatable bonds is 7. The molecular weight excluding hydrogens is 479 g/mol. The van der Waals surface area contributed by atoms with Crippen molar-refractivity contribution in [1.29, 1.82) is 0 Å². The number of aliphatic hydroxyl groups is 1. The molecule has 5 N–H and O–H groups in total. The number of anilines is 1. The Labute approximate surface area is 199 Å². The Balaban J connectivity index is 1.70. The quantitative estimate of drug-likeness (QED) is 0.217. The average Bonchev–Trinajstić information content (AvgIpc) is 2.81. The van der Waals surface area contributed by atoms with E-state index in [4.69, 9.17) is 20.3 Å². The maximum atomic E-state index is 14.0. The van der Waals surface area contributed by atoms with Gasteiger partial charge in [0.2, 0.25) is 0 Å². The van der Waals surface area contributed by atoms with Crippen molar-refractivity contribution in [2.45, 2.75) is 31.5 Å². The summed E-state index contributed by atoms with van der Waals surface area (Å²) in [6, 6.07) is 11.6. The molecule has 1 atom stereocenters. The first-order chi connectivity index (χ1) is 16.4. The van der Waals surface area contributed by atoms with Crippen LogP contribution in [0, 0.1) is 6.92 Å². The van der Waals surface area contributed by atoms with Gasteiger partial charge in [0.25, 0.3) is 0 Å². The molecule has 35 heavy (non-hydrogen) atoms. The summed E-state index contributed by atoms with van der Waals surface area (Å²) in [4.78, 5) is 26.5. The van der Waals surface area contributed by atoms with E-state index in [1.165, 1.54) is 12.1 Å². The van der Waals surface area contributed by atoms with Crippen molar-refractivity contribution in [2.24, 2.45) is 0 Å². The van der Waals surface area contributed by atoms with Crippen LogP contribution in [0.5, 0.6) is 5.75 Å². The molecule has 2 aromatic heterocycles. The fraction of sp³-hybridized carbons (Fsp3) is 0.250. The van der Waals surface area contributed by atoms with Crippen LogP contribution in [0.1, 0.15) is 28.4 Å². The summed E-state index contributed by atoms with van der Waals surface area (Å²) in [6.45, 7) is 2.01. The Kier molecular flexibility index (Phi) is 6.50. The van der Waals surface area contributed by atoms with E-state index in [1.54, 1.807) is 13.3 Å². The number of pyridine rings is 2. The molecule has 0 bridgehead atoms. The Morgan fingerprint density at radius 2 is 1.86 bits per heavy atom. The molecule has 0 spiro atoms. The van der Waals surface area contributed by atoms with Gasteiger partial charge in [-0.05, 0) is 66.3 Å². The molecule has 2 heterocycles. The Bertz CT molecular complexity index is 1480. The summed E-state index contributed by atoms with van der Waals surface area (Å²) < 4.78 is 44.4. The normalized spacial score (nSPS) is 13.3. The highest BCUT2D eigenvalue weighted by Crippen LogP contribution is 2.58. The van der Waals surface area contributed by atoms with Crippen LogP contribution in [0.25, 0.3) is 21.8 Å². The first kappa shape index (κ1) is 24.9. The fourth-order valence-electron chi connectivity index (χ4n) is 3.99. The summed E-state index contributed by atoms with van der Waals surface area (Å²) in [7, 11) is -4.27. The SMILES string of the molecule is COc1ccc(CCc2cnc3c(N)nc4cc(C(O)C(F)(F)P(=O)(O)O)ccc4c3c2)c(C)c1. The molecule has 1 unspecified atom stereocenters. The van der Waals surface area contributed by atoms with Gasteiger partial charge < -0.3 is 25.4 Å². The molecule has 0 aliphatic rings. The van der Waals surface area contributed by atoms with Gasteiger partial charge in [-0.3, -0.25) is 9.55 Å². The number of nitrogen functional groups attached to an aromatic ring is 1. The van der Waals surface area contributed by atoms with Crippen LogP contribution < -0.4 is 10.5 Å². The zero-order chi connectivity index (χ0) is 25.5. The van der Waals surface area contributed by atoms with E-state index in [1.807, 2.05) is 31.2 Å². The van der Waals surface area contributed by atoms with E-state index in [2.05, 4.69) is 9.97 Å². The number of hydrogen-bond donors (Lipinski definition) is 4. The highest BCUT2D eigenvalue weighted by atomic mass is 31.2. The Morgan fingerprint density at radius 3 is 2.51 bits per heavy atom. The van der Waals surface area contributed by atoms with Crippen molar-refractivity contribution in [2.75, 3.05) is 12.8 Å². The number of methoxy groups -OCH3 is 1. The number of halogens is 2. The number of alkyl halides is 2. The van der Waals surface area contributed by atoms with Crippen LogP contribution >= 0.6 is 7.60 Å². The third kappa shape index (κ3) is 4.70. The lowest BCUT2D eigenvalue weighted by atomic mass is 9.99. The molecule has 0 amide bonds. The second kappa shape index (κ2) is 9.13. The van der Waals surface area contributed by atoms with Gasteiger partial charge in [-0.15, -0.1) is 0 Å². The van der Waals surface area contributed by atoms with Gasteiger partial charge in [-0.1, -0.05) is 18.2 Å². The lowest BCUT2D eigenvalue weighted by Gasteiger charge is -2.23.